The summed E-state index contributed by atoms with van der Waals surface area (Å²) in [5.74, 6) is 1.68. The van der Waals surface area contributed by atoms with E-state index in [9.17, 15) is 0 Å². The van der Waals surface area contributed by atoms with Gasteiger partial charge in [-0.1, -0.05) is 44.9 Å². The molecule has 4 heteroatoms. The normalized spacial score (nSPS) is 25.2. The number of aryl methyl sites for hydroxylation is 1. The maximum atomic E-state index is 4.21. The van der Waals surface area contributed by atoms with Crippen molar-refractivity contribution in [1.82, 2.24) is 10.2 Å². The van der Waals surface area contributed by atoms with Crippen LogP contribution >= 0.6 is 11.3 Å². The predicted molar refractivity (Wildman–Crippen MR) is 73.5 cm³/mol. The number of hydrogen-bond donors (Lipinski definition) is 1. The molecule has 17 heavy (non-hydrogen) atoms. The second kappa shape index (κ2) is 5.80. The van der Waals surface area contributed by atoms with Gasteiger partial charge in [0.15, 0.2) is 0 Å². The van der Waals surface area contributed by atoms with Crippen molar-refractivity contribution in [2.24, 2.45) is 11.8 Å². The third-order valence-electron chi connectivity index (χ3n) is 3.75. The van der Waals surface area contributed by atoms with Crippen LogP contribution in [0.2, 0.25) is 0 Å². The summed E-state index contributed by atoms with van der Waals surface area (Å²) in [6, 6.07) is 0.605. The molecule has 1 heterocycles. The molecule has 3 nitrogen and oxygen atoms in total. The maximum absolute atomic E-state index is 4.21. The summed E-state index contributed by atoms with van der Waals surface area (Å²) in [4.78, 5) is 0. The van der Waals surface area contributed by atoms with Gasteiger partial charge in [0.25, 0.3) is 0 Å². The Morgan fingerprint density at radius 3 is 2.82 bits per heavy atom. The highest BCUT2D eigenvalue weighted by Crippen LogP contribution is 2.32. The second-order valence-electron chi connectivity index (χ2n) is 5.37. The molecule has 2 atom stereocenters. The average molecular weight is 253 g/mol. The van der Waals surface area contributed by atoms with Gasteiger partial charge in [-0.15, -0.1) is 10.2 Å². The van der Waals surface area contributed by atoms with Crippen molar-refractivity contribution >= 4 is 16.5 Å². The largest absolute Gasteiger partial charge is 0.357 e. The first-order valence-electron chi connectivity index (χ1n) is 6.78. The molecule has 1 aliphatic rings. The summed E-state index contributed by atoms with van der Waals surface area (Å²) < 4.78 is 0. The Balaban J connectivity index is 1.90. The van der Waals surface area contributed by atoms with Crippen molar-refractivity contribution < 1.29 is 0 Å². The van der Waals surface area contributed by atoms with Gasteiger partial charge in [0.2, 0.25) is 5.13 Å². The second-order valence-corrected chi connectivity index (χ2v) is 6.43. The maximum Gasteiger partial charge on any atom is 0.205 e. The van der Waals surface area contributed by atoms with Gasteiger partial charge in [0, 0.05) is 6.04 Å². The van der Waals surface area contributed by atoms with Gasteiger partial charge < -0.3 is 5.32 Å². The molecule has 1 saturated carbocycles. The van der Waals surface area contributed by atoms with Gasteiger partial charge in [-0.25, -0.2) is 0 Å². The fraction of sp³-hybridized carbons (Fsp3) is 0.846. The summed E-state index contributed by atoms with van der Waals surface area (Å²) in [6.45, 7) is 6.81. The monoisotopic (exact) mass is 253 g/mol. The molecule has 0 amide bonds. The molecule has 0 bridgehead atoms. The highest BCUT2D eigenvalue weighted by atomic mass is 32.1. The van der Waals surface area contributed by atoms with Crippen LogP contribution in [0, 0.1) is 11.8 Å². The molecule has 0 aromatic carbocycles. The van der Waals surface area contributed by atoms with Gasteiger partial charge in [-0.05, 0) is 31.1 Å². The van der Waals surface area contributed by atoms with Crippen LogP contribution < -0.4 is 5.32 Å². The van der Waals surface area contributed by atoms with E-state index < -0.39 is 0 Å². The van der Waals surface area contributed by atoms with E-state index in [1.807, 2.05) is 0 Å². The number of hydrogen-bond acceptors (Lipinski definition) is 4. The average Bonchev–Trinajstić information content (AvgIpc) is 2.77. The lowest BCUT2D eigenvalue weighted by molar-refractivity contribution is 0.264. The minimum absolute atomic E-state index is 0.605. The topological polar surface area (TPSA) is 37.8 Å². The smallest absolute Gasteiger partial charge is 0.205 e. The first-order valence-corrected chi connectivity index (χ1v) is 7.59. The van der Waals surface area contributed by atoms with E-state index in [0.717, 1.165) is 28.4 Å². The molecule has 0 spiro atoms. The lowest BCUT2D eigenvalue weighted by Gasteiger charge is -2.31. The summed E-state index contributed by atoms with van der Waals surface area (Å²) in [5.41, 5.74) is 0. The Morgan fingerprint density at radius 1 is 1.35 bits per heavy atom. The number of rotatable bonds is 4. The SMILES string of the molecule is CCc1nnc(NC2CCCC(C(C)C)C2)s1. The van der Waals surface area contributed by atoms with Gasteiger partial charge in [0.1, 0.15) is 5.01 Å². The molecule has 1 fully saturated rings. The summed E-state index contributed by atoms with van der Waals surface area (Å²) in [5, 5.41) is 14.1. The Labute approximate surface area is 108 Å². The number of aromatic nitrogens is 2. The van der Waals surface area contributed by atoms with Crippen LogP contribution in [0.15, 0.2) is 0 Å². The first kappa shape index (κ1) is 12.8. The zero-order valence-corrected chi connectivity index (χ0v) is 11.9. The van der Waals surface area contributed by atoms with Crippen molar-refractivity contribution in [2.75, 3.05) is 5.32 Å². The molecule has 96 valence electrons. The number of anilines is 1. The Hall–Kier alpha value is -0.640. The van der Waals surface area contributed by atoms with E-state index in [1.165, 1.54) is 25.7 Å². The molecule has 1 aliphatic carbocycles. The molecule has 2 rings (SSSR count). The summed E-state index contributed by atoms with van der Waals surface area (Å²) in [7, 11) is 0. The lowest BCUT2D eigenvalue weighted by Crippen LogP contribution is -2.29. The minimum Gasteiger partial charge on any atom is -0.357 e. The Bertz CT molecular complexity index is 348. The molecule has 0 radical (unpaired) electrons. The highest BCUT2D eigenvalue weighted by Gasteiger charge is 2.24. The number of nitrogens with one attached hydrogen (secondary N) is 1. The van der Waals surface area contributed by atoms with Gasteiger partial charge in [-0.2, -0.15) is 0 Å². The molecular weight excluding hydrogens is 230 g/mol. The predicted octanol–water partition coefficient (Wildman–Crippen LogP) is 3.73. The quantitative estimate of drug-likeness (QED) is 0.888. The molecule has 1 aromatic heterocycles. The van der Waals surface area contributed by atoms with E-state index >= 15 is 0 Å². The van der Waals surface area contributed by atoms with Crippen molar-refractivity contribution in [2.45, 2.75) is 58.9 Å². The fourth-order valence-electron chi connectivity index (χ4n) is 2.59. The van der Waals surface area contributed by atoms with Crippen molar-refractivity contribution in [3.8, 4) is 0 Å². The molecule has 0 aliphatic heterocycles. The van der Waals surface area contributed by atoms with Crippen LogP contribution in [-0.2, 0) is 6.42 Å². The third kappa shape index (κ3) is 3.41. The van der Waals surface area contributed by atoms with Crippen molar-refractivity contribution in [1.29, 1.82) is 0 Å². The number of nitrogens with zero attached hydrogens (tertiary/aromatic N) is 2. The molecule has 1 aromatic rings. The van der Waals surface area contributed by atoms with Gasteiger partial charge in [-0.3, -0.25) is 0 Å². The van der Waals surface area contributed by atoms with E-state index in [0.29, 0.717) is 6.04 Å². The van der Waals surface area contributed by atoms with E-state index in [1.54, 1.807) is 11.3 Å². The van der Waals surface area contributed by atoms with E-state index in [2.05, 4.69) is 36.3 Å². The van der Waals surface area contributed by atoms with Gasteiger partial charge >= 0.3 is 0 Å². The van der Waals surface area contributed by atoms with Crippen LogP contribution in [0.5, 0.6) is 0 Å². The molecule has 2 unspecified atom stereocenters. The minimum atomic E-state index is 0.605. The van der Waals surface area contributed by atoms with Crippen LogP contribution in [-0.4, -0.2) is 16.2 Å². The lowest BCUT2D eigenvalue weighted by atomic mass is 9.79. The zero-order chi connectivity index (χ0) is 12.3. The van der Waals surface area contributed by atoms with Crippen LogP contribution in [0.25, 0.3) is 0 Å². The molecule has 1 N–H and O–H groups in total. The molecule has 0 saturated heterocycles. The van der Waals surface area contributed by atoms with Crippen LogP contribution in [0.4, 0.5) is 5.13 Å². The Kier molecular flexibility index (Phi) is 4.37. The standard InChI is InChI=1S/C13H23N3S/c1-4-12-15-16-13(17-12)14-11-7-5-6-10(8-11)9(2)3/h9-11H,4-8H2,1-3H3,(H,14,16). The van der Waals surface area contributed by atoms with Gasteiger partial charge in [0.05, 0.1) is 0 Å². The van der Waals surface area contributed by atoms with Crippen molar-refractivity contribution in [3.05, 3.63) is 5.01 Å². The Morgan fingerprint density at radius 2 is 2.18 bits per heavy atom. The van der Waals surface area contributed by atoms with Crippen LogP contribution in [0.1, 0.15) is 51.5 Å². The zero-order valence-electron chi connectivity index (χ0n) is 11.1. The first-order chi connectivity index (χ1) is 8.19. The van der Waals surface area contributed by atoms with Crippen molar-refractivity contribution in [3.63, 3.8) is 0 Å². The van der Waals surface area contributed by atoms with E-state index in [4.69, 9.17) is 0 Å². The van der Waals surface area contributed by atoms with E-state index in [-0.39, 0.29) is 0 Å². The highest BCUT2D eigenvalue weighted by molar-refractivity contribution is 7.15. The van der Waals surface area contributed by atoms with Crippen LogP contribution in [0.3, 0.4) is 0 Å². The molecular formula is C13H23N3S. The summed E-state index contributed by atoms with van der Waals surface area (Å²) in [6.07, 6.45) is 6.30. The fourth-order valence-corrected chi connectivity index (χ4v) is 3.35. The summed E-state index contributed by atoms with van der Waals surface area (Å²) >= 11 is 1.70. The third-order valence-corrected chi connectivity index (χ3v) is 4.75.